The second-order valence-corrected chi connectivity index (χ2v) is 9.00. The summed E-state index contributed by atoms with van der Waals surface area (Å²) in [6.07, 6.45) is -0.272. The molecule has 1 unspecified atom stereocenters. The zero-order valence-corrected chi connectivity index (χ0v) is 22.2. The highest BCUT2D eigenvalue weighted by atomic mass is 35.5. The summed E-state index contributed by atoms with van der Waals surface area (Å²) in [6.45, 7) is 2.34. The van der Waals surface area contributed by atoms with Gasteiger partial charge < -0.3 is 14.8 Å². The SMILES string of the molecule is CCOc1cccc(NC(=O)CC2C(=O)N(c3ccc(OC)cc3)C(=S)N2NC(=O)c2ccc(Cl)cc2)c1. The molecule has 1 atom stereocenters. The van der Waals surface area contributed by atoms with E-state index in [-0.39, 0.29) is 11.5 Å². The van der Waals surface area contributed by atoms with E-state index >= 15 is 0 Å². The Labute approximate surface area is 230 Å². The van der Waals surface area contributed by atoms with Gasteiger partial charge in [0.25, 0.3) is 11.8 Å². The molecule has 1 heterocycles. The molecule has 9 nitrogen and oxygen atoms in total. The largest absolute Gasteiger partial charge is 0.497 e. The average molecular weight is 553 g/mol. The molecule has 38 heavy (non-hydrogen) atoms. The number of benzene rings is 3. The van der Waals surface area contributed by atoms with Crippen LogP contribution in [0.1, 0.15) is 23.7 Å². The zero-order chi connectivity index (χ0) is 27.2. The summed E-state index contributed by atoms with van der Waals surface area (Å²) in [5, 5.41) is 4.53. The molecule has 1 aliphatic heterocycles. The molecular formula is C27H25ClN4O5S. The van der Waals surface area contributed by atoms with Crippen LogP contribution in [0.5, 0.6) is 11.5 Å². The predicted molar refractivity (Wildman–Crippen MR) is 148 cm³/mol. The smallest absolute Gasteiger partial charge is 0.269 e. The average Bonchev–Trinajstić information content (AvgIpc) is 3.13. The Morgan fingerprint density at radius 2 is 1.74 bits per heavy atom. The lowest BCUT2D eigenvalue weighted by atomic mass is 10.1. The Bertz CT molecular complexity index is 1350. The van der Waals surface area contributed by atoms with Crippen LogP contribution in [0.2, 0.25) is 5.02 Å². The molecule has 3 amide bonds. The minimum atomic E-state index is -1.09. The van der Waals surface area contributed by atoms with Crippen LogP contribution in [0.25, 0.3) is 0 Å². The molecule has 3 aromatic carbocycles. The van der Waals surface area contributed by atoms with Crippen LogP contribution < -0.4 is 25.1 Å². The first kappa shape index (κ1) is 26.9. The molecule has 196 valence electrons. The number of methoxy groups -OCH3 is 1. The fraction of sp³-hybridized carbons (Fsp3) is 0.185. The Balaban J connectivity index is 1.58. The number of hydrazine groups is 1. The van der Waals surface area contributed by atoms with Crippen molar-refractivity contribution in [2.45, 2.75) is 19.4 Å². The highest BCUT2D eigenvalue weighted by Crippen LogP contribution is 2.28. The van der Waals surface area contributed by atoms with Crippen LogP contribution in [0.3, 0.4) is 0 Å². The van der Waals surface area contributed by atoms with Gasteiger partial charge in [-0.05, 0) is 79.8 Å². The number of hydrogen-bond acceptors (Lipinski definition) is 6. The van der Waals surface area contributed by atoms with E-state index in [9.17, 15) is 14.4 Å². The first-order chi connectivity index (χ1) is 18.3. The van der Waals surface area contributed by atoms with Crippen LogP contribution in [0, 0.1) is 0 Å². The topological polar surface area (TPSA) is 100 Å². The summed E-state index contributed by atoms with van der Waals surface area (Å²) >= 11 is 11.5. The molecular weight excluding hydrogens is 528 g/mol. The van der Waals surface area contributed by atoms with Gasteiger partial charge in [0.2, 0.25) is 11.0 Å². The number of carbonyl (C=O) groups excluding carboxylic acids is 3. The summed E-state index contributed by atoms with van der Waals surface area (Å²) < 4.78 is 10.7. The number of nitrogens with one attached hydrogen (secondary N) is 2. The van der Waals surface area contributed by atoms with Gasteiger partial charge in [-0.25, -0.2) is 5.01 Å². The Morgan fingerprint density at radius 1 is 1.03 bits per heavy atom. The van der Waals surface area contributed by atoms with Gasteiger partial charge in [-0.1, -0.05) is 17.7 Å². The lowest BCUT2D eigenvalue weighted by molar-refractivity contribution is -0.124. The van der Waals surface area contributed by atoms with Crippen molar-refractivity contribution in [1.29, 1.82) is 0 Å². The standard InChI is InChI=1S/C27H25ClN4O5S/c1-3-37-22-6-4-5-19(15-22)29-24(33)16-23-26(35)31(20-11-13-21(36-2)14-12-20)27(38)32(23)30-25(34)17-7-9-18(28)10-8-17/h4-15,23H,3,16H2,1-2H3,(H,29,33)(H,30,34). The van der Waals surface area contributed by atoms with E-state index in [1.165, 1.54) is 17.0 Å². The van der Waals surface area contributed by atoms with Crippen molar-refractivity contribution in [1.82, 2.24) is 10.4 Å². The number of rotatable bonds is 9. The Hall–Kier alpha value is -4.15. The van der Waals surface area contributed by atoms with Crippen molar-refractivity contribution in [3.05, 3.63) is 83.4 Å². The fourth-order valence-corrected chi connectivity index (χ4v) is 4.36. The number of halogens is 1. The van der Waals surface area contributed by atoms with Gasteiger partial charge in [0.1, 0.15) is 17.5 Å². The minimum absolute atomic E-state index is 0.0265. The van der Waals surface area contributed by atoms with Crippen molar-refractivity contribution in [2.75, 3.05) is 23.9 Å². The van der Waals surface area contributed by atoms with E-state index in [1.54, 1.807) is 72.8 Å². The lowest BCUT2D eigenvalue weighted by Crippen LogP contribution is -2.49. The normalized spacial score (nSPS) is 14.9. The summed E-state index contributed by atoms with van der Waals surface area (Å²) in [5.74, 6) is -0.212. The highest BCUT2D eigenvalue weighted by Gasteiger charge is 2.45. The minimum Gasteiger partial charge on any atom is -0.497 e. The number of carbonyl (C=O) groups is 3. The number of amides is 3. The lowest BCUT2D eigenvalue weighted by Gasteiger charge is -2.24. The summed E-state index contributed by atoms with van der Waals surface area (Å²) in [5.41, 5.74) is 3.98. The van der Waals surface area contributed by atoms with E-state index in [1.807, 2.05) is 6.92 Å². The van der Waals surface area contributed by atoms with Crippen molar-refractivity contribution < 1.29 is 23.9 Å². The first-order valence-corrected chi connectivity index (χ1v) is 12.5. The third-order valence-electron chi connectivity index (χ3n) is 5.68. The third kappa shape index (κ3) is 6.04. The van der Waals surface area contributed by atoms with Crippen molar-refractivity contribution in [3.63, 3.8) is 0 Å². The third-order valence-corrected chi connectivity index (χ3v) is 6.31. The molecule has 0 spiro atoms. The maximum Gasteiger partial charge on any atom is 0.269 e. The Kier molecular flexibility index (Phi) is 8.45. The van der Waals surface area contributed by atoms with Crippen LogP contribution in [-0.2, 0) is 9.59 Å². The van der Waals surface area contributed by atoms with E-state index in [4.69, 9.17) is 33.3 Å². The van der Waals surface area contributed by atoms with E-state index in [0.29, 0.717) is 40.1 Å². The number of thiocarbonyl (C=S) groups is 1. The van der Waals surface area contributed by atoms with E-state index < -0.39 is 23.8 Å². The van der Waals surface area contributed by atoms with Crippen LogP contribution in [-0.4, -0.2) is 47.6 Å². The van der Waals surface area contributed by atoms with Gasteiger partial charge >= 0.3 is 0 Å². The molecule has 0 aliphatic carbocycles. The molecule has 1 aliphatic rings. The molecule has 1 fully saturated rings. The number of anilines is 2. The molecule has 0 aromatic heterocycles. The molecule has 1 saturated heterocycles. The quantitative estimate of drug-likeness (QED) is 0.379. The van der Waals surface area contributed by atoms with Crippen LogP contribution in [0.15, 0.2) is 72.8 Å². The van der Waals surface area contributed by atoms with Gasteiger partial charge in [-0.3, -0.25) is 24.7 Å². The second kappa shape index (κ2) is 11.9. The van der Waals surface area contributed by atoms with Gasteiger partial charge in [-0.2, -0.15) is 0 Å². The van der Waals surface area contributed by atoms with Crippen LogP contribution >= 0.6 is 23.8 Å². The number of ether oxygens (including phenoxy) is 2. The number of hydrogen-bond donors (Lipinski definition) is 2. The zero-order valence-electron chi connectivity index (χ0n) is 20.6. The van der Waals surface area contributed by atoms with Crippen LogP contribution in [0.4, 0.5) is 11.4 Å². The first-order valence-electron chi connectivity index (χ1n) is 11.7. The maximum absolute atomic E-state index is 13.6. The second-order valence-electron chi connectivity index (χ2n) is 8.20. The number of nitrogens with zero attached hydrogens (tertiary/aromatic N) is 2. The van der Waals surface area contributed by atoms with Gasteiger partial charge in [-0.15, -0.1) is 0 Å². The molecule has 0 saturated carbocycles. The molecule has 0 bridgehead atoms. The van der Waals surface area contributed by atoms with Crippen molar-refractivity contribution in [3.8, 4) is 11.5 Å². The molecule has 11 heteroatoms. The molecule has 4 rings (SSSR count). The molecule has 3 aromatic rings. The highest BCUT2D eigenvalue weighted by molar-refractivity contribution is 7.80. The van der Waals surface area contributed by atoms with E-state index in [0.717, 1.165) is 0 Å². The maximum atomic E-state index is 13.6. The molecule has 0 radical (unpaired) electrons. The van der Waals surface area contributed by atoms with Gasteiger partial charge in [0.15, 0.2) is 0 Å². The van der Waals surface area contributed by atoms with E-state index in [2.05, 4.69) is 10.7 Å². The fourth-order valence-electron chi connectivity index (χ4n) is 3.86. The summed E-state index contributed by atoms with van der Waals surface area (Å²) in [4.78, 5) is 40.9. The Morgan fingerprint density at radius 3 is 2.39 bits per heavy atom. The monoisotopic (exact) mass is 552 g/mol. The summed E-state index contributed by atoms with van der Waals surface area (Å²) in [7, 11) is 1.54. The molecule has 2 N–H and O–H groups in total. The van der Waals surface area contributed by atoms with Gasteiger partial charge in [0.05, 0.1) is 25.8 Å². The van der Waals surface area contributed by atoms with Gasteiger partial charge in [0, 0.05) is 22.3 Å². The summed E-state index contributed by atoms with van der Waals surface area (Å²) in [6, 6.07) is 18.8. The predicted octanol–water partition coefficient (Wildman–Crippen LogP) is 4.42. The van der Waals surface area contributed by atoms with Crippen molar-refractivity contribution in [2.24, 2.45) is 0 Å². The van der Waals surface area contributed by atoms with Crippen molar-refractivity contribution >= 4 is 58.0 Å².